The third kappa shape index (κ3) is 4.62. The molecule has 1 aromatic carbocycles. The molecule has 162 valence electrons. The molecule has 0 amide bonds. The average Bonchev–Trinajstić information content (AvgIpc) is 3.30. The molecule has 11 heteroatoms. The molecule has 2 atom stereocenters. The maximum absolute atomic E-state index is 11.7. The first-order valence-electron chi connectivity index (χ1n) is 9.18. The second-order valence-corrected chi connectivity index (χ2v) is 10.8. The van der Waals surface area contributed by atoms with Crippen LogP contribution in [0.1, 0.15) is 22.7 Å². The number of nitrogens with one attached hydrogen (secondary N) is 2. The van der Waals surface area contributed by atoms with Crippen molar-refractivity contribution < 1.29 is 13.2 Å². The Kier molecular flexibility index (Phi) is 6.07. The van der Waals surface area contributed by atoms with E-state index in [0.29, 0.717) is 20.9 Å². The Morgan fingerprint density at radius 1 is 1.26 bits per heavy atom. The van der Waals surface area contributed by atoms with Crippen molar-refractivity contribution in [3.8, 4) is 5.75 Å². The number of methoxy groups -OCH3 is 1. The maximum atomic E-state index is 11.7. The number of nitrogens with zero attached hydrogens (tertiary/aromatic N) is 2. The van der Waals surface area contributed by atoms with Gasteiger partial charge in [-0.2, -0.15) is 0 Å². The number of aromatic nitrogens is 1. The van der Waals surface area contributed by atoms with Crippen molar-refractivity contribution in [3.63, 3.8) is 0 Å². The summed E-state index contributed by atoms with van der Waals surface area (Å²) >= 11 is 13.4. The molecule has 0 saturated carbocycles. The summed E-state index contributed by atoms with van der Waals surface area (Å²) in [6.07, 6.45) is 2.84. The van der Waals surface area contributed by atoms with Crippen LogP contribution in [-0.2, 0) is 10.0 Å². The Balaban J connectivity index is 1.79. The van der Waals surface area contributed by atoms with Gasteiger partial charge in [0.1, 0.15) is 5.75 Å². The highest BCUT2D eigenvalue weighted by molar-refractivity contribution is 7.92. The van der Waals surface area contributed by atoms with Gasteiger partial charge < -0.3 is 15.0 Å². The van der Waals surface area contributed by atoms with Crippen LogP contribution in [-0.4, -0.2) is 31.9 Å². The lowest BCUT2D eigenvalue weighted by Crippen LogP contribution is -2.29. The molecule has 2 aromatic heterocycles. The summed E-state index contributed by atoms with van der Waals surface area (Å²) < 4.78 is 31.9. The van der Waals surface area contributed by atoms with Crippen LogP contribution in [0.5, 0.6) is 5.75 Å². The minimum Gasteiger partial charge on any atom is -0.494 e. The van der Waals surface area contributed by atoms with Crippen LogP contribution in [0.4, 0.5) is 11.4 Å². The fourth-order valence-electron chi connectivity index (χ4n) is 3.52. The molecule has 2 N–H and O–H groups in total. The highest BCUT2D eigenvalue weighted by atomic mass is 35.5. The molecule has 3 aromatic rings. The highest BCUT2D eigenvalue weighted by Crippen LogP contribution is 2.45. The monoisotopic (exact) mass is 494 g/mol. The predicted octanol–water partition coefficient (Wildman–Crippen LogP) is 4.35. The zero-order chi connectivity index (χ0) is 22.2. The van der Waals surface area contributed by atoms with E-state index in [0.717, 1.165) is 22.5 Å². The van der Waals surface area contributed by atoms with Crippen molar-refractivity contribution in [3.05, 3.63) is 69.6 Å². The van der Waals surface area contributed by atoms with Gasteiger partial charge in [0, 0.05) is 22.8 Å². The number of sulfonamides is 1. The zero-order valence-electron chi connectivity index (χ0n) is 16.6. The van der Waals surface area contributed by atoms with Crippen molar-refractivity contribution in [2.45, 2.75) is 12.1 Å². The van der Waals surface area contributed by atoms with Gasteiger partial charge in [-0.25, -0.2) is 8.42 Å². The summed E-state index contributed by atoms with van der Waals surface area (Å²) in [5, 5.41) is 3.90. The lowest BCUT2D eigenvalue weighted by atomic mass is 10.0. The average molecular weight is 495 g/mol. The summed E-state index contributed by atoms with van der Waals surface area (Å²) in [5.41, 5.74) is 1.95. The molecule has 1 aliphatic rings. The third-order valence-electron chi connectivity index (χ3n) is 4.74. The third-order valence-corrected chi connectivity index (χ3v) is 6.95. The van der Waals surface area contributed by atoms with E-state index >= 15 is 0 Å². The first-order chi connectivity index (χ1) is 14.8. The first-order valence-corrected chi connectivity index (χ1v) is 12.7. The Bertz CT molecular complexity index is 1220. The van der Waals surface area contributed by atoms with Gasteiger partial charge in [0.15, 0.2) is 5.11 Å². The van der Waals surface area contributed by atoms with Gasteiger partial charge in [0.25, 0.3) is 0 Å². The van der Waals surface area contributed by atoms with Gasteiger partial charge in [0.2, 0.25) is 10.0 Å². The molecular weight excluding hydrogens is 476 g/mol. The van der Waals surface area contributed by atoms with E-state index in [-0.39, 0.29) is 12.1 Å². The first kappa shape index (κ1) is 21.8. The lowest BCUT2D eigenvalue weighted by Gasteiger charge is -2.27. The molecule has 0 aliphatic carbocycles. The quantitative estimate of drug-likeness (QED) is 0.493. The Hall–Kier alpha value is -2.40. The molecule has 3 heterocycles. The number of anilines is 2. The molecule has 1 fully saturated rings. The molecule has 31 heavy (non-hydrogen) atoms. The number of thiophene rings is 1. The van der Waals surface area contributed by atoms with Gasteiger partial charge in [-0.05, 0) is 48.6 Å². The van der Waals surface area contributed by atoms with Crippen LogP contribution in [0.3, 0.4) is 0 Å². The summed E-state index contributed by atoms with van der Waals surface area (Å²) in [4.78, 5) is 7.51. The predicted molar refractivity (Wildman–Crippen MR) is 129 cm³/mol. The van der Waals surface area contributed by atoms with Crippen LogP contribution < -0.4 is 19.7 Å². The zero-order valence-corrected chi connectivity index (χ0v) is 19.8. The Labute approximate surface area is 195 Å². The van der Waals surface area contributed by atoms with E-state index in [2.05, 4.69) is 15.0 Å². The normalized spacial score (nSPS) is 18.7. The van der Waals surface area contributed by atoms with Crippen LogP contribution in [0, 0.1) is 0 Å². The number of ether oxygens (including phenoxy) is 1. The van der Waals surface area contributed by atoms with Gasteiger partial charge in [-0.15, -0.1) is 11.3 Å². The Morgan fingerprint density at radius 3 is 2.68 bits per heavy atom. The van der Waals surface area contributed by atoms with E-state index in [9.17, 15) is 8.42 Å². The number of thiocarbonyl (C=S) groups is 1. The van der Waals surface area contributed by atoms with Crippen LogP contribution in [0.2, 0.25) is 4.34 Å². The van der Waals surface area contributed by atoms with E-state index in [1.807, 2.05) is 35.2 Å². The lowest BCUT2D eigenvalue weighted by molar-refractivity contribution is 0.417. The van der Waals surface area contributed by atoms with Gasteiger partial charge in [-0.1, -0.05) is 17.7 Å². The number of rotatable bonds is 6. The van der Waals surface area contributed by atoms with Gasteiger partial charge in [0.05, 0.1) is 41.2 Å². The molecule has 7 nitrogen and oxygen atoms in total. The molecule has 1 saturated heterocycles. The minimum absolute atomic E-state index is 0.191. The number of pyridine rings is 1. The second kappa shape index (κ2) is 8.62. The highest BCUT2D eigenvalue weighted by Gasteiger charge is 2.41. The van der Waals surface area contributed by atoms with Crippen molar-refractivity contribution in [2.75, 3.05) is 23.0 Å². The smallest absolute Gasteiger partial charge is 0.229 e. The molecule has 0 spiro atoms. The van der Waals surface area contributed by atoms with E-state index in [4.69, 9.17) is 28.6 Å². The molecule has 1 aliphatic heterocycles. The second-order valence-electron chi connectivity index (χ2n) is 6.90. The summed E-state index contributed by atoms with van der Waals surface area (Å²) in [6, 6.07) is 14.4. The summed E-state index contributed by atoms with van der Waals surface area (Å²) in [5.74, 6) is 0.384. The van der Waals surface area contributed by atoms with Crippen molar-refractivity contribution >= 4 is 61.7 Å². The minimum atomic E-state index is -3.45. The number of benzene rings is 1. The van der Waals surface area contributed by atoms with Crippen molar-refractivity contribution in [2.24, 2.45) is 0 Å². The topological polar surface area (TPSA) is 83.6 Å². The van der Waals surface area contributed by atoms with Crippen LogP contribution in [0.15, 0.2) is 54.7 Å². The summed E-state index contributed by atoms with van der Waals surface area (Å²) in [6.45, 7) is 0. The number of halogens is 1. The van der Waals surface area contributed by atoms with E-state index in [1.165, 1.54) is 18.4 Å². The fourth-order valence-corrected chi connectivity index (χ4v) is 5.63. The largest absolute Gasteiger partial charge is 0.494 e. The Morgan fingerprint density at radius 2 is 2.06 bits per heavy atom. The fraction of sp³-hybridized carbons (Fsp3) is 0.200. The van der Waals surface area contributed by atoms with Gasteiger partial charge >= 0.3 is 0 Å². The van der Waals surface area contributed by atoms with Crippen LogP contribution in [0.25, 0.3) is 0 Å². The van der Waals surface area contributed by atoms with E-state index in [1.54, 1.807) is 24.4 Å². The standard InChI is InChI=1S/C20H19ClN4O3S3/c1-28-15-11-12(6-7-13(15)24-31(2,26)27)25-19(16-8-9-17(21)30-16)18(23-20(25)29)14-5-3-4-10-22-14/h3-11,18-19,24H,1-2H3,(H,23,29)/t18-,19+/m0/s1. The summed E-state index contributed by atoms with van der Waals surface area (Å²) in [7, 11) is -1.96. The molecule has 0 radical (unpaired) electrons. The maximum Gasteiger partial charge on any atom is 0.229 e. The van der Waals surface area contributed by atoms with Crippen molar-refractivity contribution in [1.29, 1.82) is 0 Å². The van der Waals surface area contributed by atoms with E-state index < -0.39 is 10.0 Å². The van der Waals surface area contributed by atoms with Crippen molar-refractivity contribution in [1.82, 2.24) is 10.3 Å². The molecule has 0 unspecified atom stereocenters. The van der Waals surface area contributed by atoms with Crippen LogP contribution >= 0.6 is 35.2 Å². The number of hydrogen-bond donors (Lipinski definition) is 2. The molecule has 0 bridgehead atoms. The molecule has 4 rings (SSSR count). The molecular formula is C20H19ClN4O3S3. The van der Waals surface area contributed by atoms with Gasteiger partial charge in [-0.3, -0.25) is 9.71 Å². The SMILES string of the molecule is COc1cc(N2C(=S)N[C@@H](c3ccccn3)[C@H]2c2ccc(Cl)s2)ccc1NS(C)(=O)=O. The number of hydrogen-bond acceptors (Lipinski definition) is 6.